The number of ether oxygens (including phenoxy) is 1. The molecule has 22 heavy (non-hydrogen) atoms. The molecule has 4 nitrogen and oxygen atoms in total. The molecule has 0 saturated heterocycles. The van der Waals surface area contributed by atoms with Crippen LogP contribution in [0.15, 0.2) is 47.9 Å². The predicted molar refractivity (Wildman–Crippen MR) is 87.3 cm³/mol. The van der Waals surface area contributed by atoms with E-state index in [2.05, 4.69) is 5.73 Å². The maximum atomic E-state index is 12.0. The molecule has 0 spiro atoms. The first-order valence-electron chi connectivity index (χ1n) is 7.48. The van der Waals surface area contributed by atoms with E-state index in [0.29, 0.717) is 5.57 Å². The van der Waals surface area contributed by atoms with Crippen molar-refractivity contribution in [3.8, 4) is 0 Å². The first-order valence-corrected chi connectivity index (χ1v) is 7.48. The standard InChI is InChI=1S/C18H25NO3/c1-13(2)19(14(3)4)18(21)22-12-11-15(5)17(20)16-9-7-6-8-10-16/h6-10,12-14,17,20H,1-5H3/t11?,17-/m0/s1. The van der Waals surface area contributed by atoms with Crippen LogP contribution in [-0.2, 0) is 4.74 Å². The Morgan fingerprint density at radius 1 is 1.18 bits per heavy atom. The van der Waals surface area contributed by atoms with Crippen LogP contribution in [0.5, 0.6) is 0 Å². The highest BCUT2D eigenvalue weighted by Gasteiger charge is 2.20. The van der Waals surface area contributed by atoms with Crippen molar-refractivity contribution in [3.63, 3.8) is 0 Å². The van der Waals surface area contributed by atoms with Gasteiger partial charge in [-0.3, -0.25) is 0 Å². The van der Waals surface area contributed by atoms with Crippen molar-refractivity contribution in [1.29, 1.82) is 0 Å². The van der Waals surface area contributed by atoms with Gasteiger partial charge in [0.15, 0.2) is 0 Å². The highest BCUT2D eigenvalue weighted by molar-refractivity contribution is 5.68. The van der Waals surface area contributed by atoms with E-state index in [9.17, 15) is 9.90 Å². The summed E-state index contributed by atoms with van der Waals surface area (Å²) in [5.74, 6) is 0. The third kappa shape index (κ3) is 5.06. The number of rotatable bonds is 5. The lowest BCUT2D eigenvalue weighted by Gasteiger charge is -2.28. The van der Waals surface area contributed by atoms with Crippen LogP contribution >= 0.6 is 0 Å². The number of benzene rings is 1. The molecule has 1 rings (SSSR count). The second-order valence-electron chi connectivity index (χ2n) is 5.74. The second kappa shape index (κ2) is 8.42. The Morgan fingerprint density at radius 3 is 2.23 bits per heavy atom. The van der Waals surface area contributed by atoms with Crippen LogP contribution in [0, 0.1) is 0 Å². The topological polar surface area (TPSA) is 49.8 Å². The van der Waals surface area contributed by atoms with Crippen molar-refractivity contribution in [1.82, 2.24) is 4.90 Å². The van der Waals surface area contributed by atoms with E-state index in [0.717, 1.165) is 5.56 Å². The Bertz CT molecular complexity index is 535. The molecule has 0 bridgehead atoms. The summed E-state index contributed by atoms with van der Waals surface area (Å²) < 4.78 is 5.10. The van der Waals surface area contributed by atoms with E-state index in [1.54, 1.807) is 11.8 Å². The van der Waals surface area contributed by atoms with Crippen LogP contribution in [0.4, 0.5) is 4.79 Å². The lowest BCUT2D eigenvalue weighted by molar-refractivity contribution is 0.109. The third-order valence-corrected chi connectivity index (χ3v) is 3.30. The van der Waals surface area contributed by atoms with Crippen LogP contribution in [0.1, 0.15) is 46.3 Å². The molecule has 1 N–H and O–H groups in total. The van der Waals surface area contributed by atoms with Crippen LogP contribution in [0.3, 0.4) is 0 Å². The zero-order valence-electron chi connectivity index (χ0n) is 13.9. The van der Waals surface area contributed by atoms with Gasteiger partial charge in [-0.1, -0.05) is 36.1 Å². The maximum absolute atomic E-state index is 12.0. The zero-order valence-corrected chi connectivity index (χ0v) is 13.9. The molecule has 0 unspecified atom stereocenters. The summed E-state index contributed by atoms with van der Waals surface area (Å²) in [6.07, 6.45) is 0.0312. The lowest BCUT2D eigenvalue weighted by Crippen LogP contribution is -2.41. The summed E-state index contributed by atoms with van der Waals surface area (Å²) in [6, 6.07) is 9.39. The molecule has 0 radical (unpaired) electrons. The molecule has 1 aromatic carbocycles. The van der Waals surface area contributed by atoms with Crippen LogP contribution < -0.4 is 0 Å². The number of aliphatic hydroxyl groups is 1. The van der Waals surface area contributed by atoms with E-state index in [1.165, 1.54) is 6.26 Å². The maximum Gasteiger partial charge on any atom is 0.415 e. The van der Waals surface area contributed by atoms with Crippen molar-refractivity contribution in [2.45, 2.75) is 52.8 Å². The number of nitrogens with zero attached hydrogens (tertiary/aromatic N) is 1. The molecule has 1 atom stereocenters. The van der Waals surface area contributed by atoms with E-state index >= 15 is 0 Å². The summed E-state index contributed by atoms with van der Waals surface area (Å²) >= 11 is 0. The van der Waals surface area contributed by atoms with Gasteiger partial charge in [0.1, 0.15) is 12.4 Å². The third-order valence-electron chi connectivity index (χ3n) is 3.30. The van der Waals surface area contributed by atoms with Gasteiger partial charge in [-0.2, -0.15) is 0 Å². The minimum absolute atomic E-state index is 0.0564. The van der Waals surface area contributed by atoms with Gasteiger partial charge >= 0.3 is 6.09 Å². The summed E-state index contributed by atoms with van der Waals surface area (Å²) in [5.41, 5.74) is 4.18. The first kappa shape index (κ1) is 18.0. The highest BCUT2D eigenvalue weighted by atomic mass is 16.5. The molecule has 1 amide bonds. The molecule has 0 aliphatic carbocycles. The average Bonchev–Trinajstić information content (AvgIpc) is 2.46. The van der Waals surface area contributed by atoms with Gasteiger partial charge in [0, 0.05) is 17.7 Å². The van der Waals surface area contributed by atoms with Gasteiger partial charge in [-0.05, 0) is 40.2 Å². The molecular formula is C18H25NO3. The number of carbonyl (C=O) groups excluding carboxylic acids is 1. The Morgan fingerprint density at radius 2 is 1.73 bits per heavy atom. The molecule has 0 fully saturated rings. The molecule has 0 heterocycles. The summed E-state index contributed by atoms with van der Waals surface area (Å²) in [6.45, 7) is 9.48. The smallest absolute Gasteiger partial charge is 0.410 e. The molecular weight excluding hydrogens is 278 g/mol. The molecule has 1 aromatic rings. The van der Waals surface area contributed by atoms with Gasteiger partial charge in [0.2, 0.25) is 0 Å². The molecule has 120 valence electrons. The highest BCUT2D eigenvalue weighted by Crippen LogP contribution is 2.19. The summed E-state index contributed by atoms with van der Waals surface area (Å²) in [5, 5.41) is 10.2. The number of amides is 1. The number of carbonyl (C=O) groups is 1. The van der Waals surface area contributed by atoms with Gasteiger partial charge in [0.25, 0.3) is 0 Å². The monoisotopic (exact) mass is 303 g/mol. The molecule has 0 saturated carbocycles. The molecule has 0 aromatic heterocycles. The average molecular weight is 303 g/mol. The van der Waals surface area contributed by atoms with E-state index in [-0.39, 0.29) is 12.1 Å². The number of aliphatic hydroxyl groups excluding tert-OH is 1. The van der Waals surface area contributed by atoms with Crippen molar-refractivity contribution in [2.75, 3.05) is 0 Å². The Kier molecular flexibility index (Phi) is 6.90. The lowest BCUT2D eigenvalue weighted by atomic mass is 10.0. The minimum atomic E-state index is -0.762. The minimum Gasteiger partial charge on any atom is -0.410 e. The van der Waals surface area contributed by atoms with Crippen molar-refractivity contribution in [2.24, 2.45) is 0 Å². The SMILES string of the molecule is CC(=C=COC(=O)N(C(C)C)C(C)C)[C@H](O)c1ccccc1. The van der Waals surface area contributed by atoms with E-state index < -0.39 is 12.2 Å². The van der Waals surface area contributed by atoms with Crippen molar-refractivity contribution in [3.05, 3.63) is 53.5 Å². The van der Waals surface area contributed by atoms with Crippen LogP contribution in [0.25, 0.3) is 0 Å². The normalized spacial score (nSPS) is 11.8. The van der Waals surface area contributed by atoms with Crippen molar-refractivity contribution >= 4 is 6.09 Å². The van der Waals surface area contributed by atoms with Gasteiger partial charge in [-0.25, -0.2) is 4.79 Å². The predicted octanol–water partition coefficient (Wildman–Crippen LogP) is 4.03. The second-order valence-corrected chi connectivity index (χ2v) is 5.74. The fourth-order valence-corrected chi connectivity index (χ4v) is 2.22. The Hall–Kier alpha value is -2.03. The molecule has 0 aliphatic heterocycles. The van der Waals surface area contributed by atoms with Crippen molar-refractivity contribution < 1.29 is 14.6 Å². The largest absolute Gasteiger partial charge is 0.415 e. The Labute approximate surface area is 132 Å². The fraction of sp³-hybridized carbons (Fsp3) is 0.444. The van der Waals surface area contributed by atoms with Gasteiger partial charge in [-0.15, -0.1) is 0 Å². The summed E-state index contributed by atoms with van der Waals surface area (Å²) in [7, 11) is 0. The fourth-order valence-electron chi connectivity index (χ4n) is 2.22. The van der Waals surface area contributed by atoms with E-state index in [4.69, 9.17) is 4.74 Å². The van der Waals surface area contributed by atoms with Crippen LogP contribution in [-0.4, -0.2) is 28.2 Å². The quantitative estimate of drug-likeness (QED) is 0.660. The Balaban J connectivity index is 2.76. The van der Waals surface area contributed by atoms with Gasteiger partial charge < -0.3 is 14.7 Å². The van der Waals surface area contributed by atoms with E-state index in [1.807, 2.05) is 58.0 Å². The van der Waals surface area contributed by atoms with Crippen LogP contribution in [0.2, 0.25) is 0 Å². The number of hydrogen-bond acceptors (Lipinski definition) is 3. The molecule has 0 aliphatic rings. The first-order chi connectivity index (χ1) is 10.3. The van der Waals surface area contributed by atoms with Gasteiger partial charge in [0.05, 0.1) is 0 Å². The zero-order chi connectivity index (χ0) is 16.7. The molecule has 4 heteroatoms. The number of hydrogen-bond donors (Lipinski definition) is 1. The summed E-state index contributed by atoms with van der Waals surface area (Å²) in [4.78, 5) is 13.6.